The number of carbonyl (C=O) groups is 2. The Morgan fingerprint density at radius 2 is 1.74 bits per heavy atom. The Hall–Kier alpha value is -3.63. The third-order valence-corrected chi connectivity index (χ3v) is 6.45. The van der Waals surface area contributed by atoms with Crippen LogP contribution in [0.4, 0.5) is 0 Å². The molecule has 0 aliphatic carbocycles. The Kier molecular flexibility index (Phi) is 7.29. The van der Waals surface area contributed by atoms with Gasteiger partial charge in [0.1, 0.15) is 17.5 Å². The highest BCUT2D eigenvalue weighted by molar-refractivity contribution is 7.09. The molecular weight excluding hydrogens is 458 g/mol. The predicted octanol–water partition coefficient (Wildman–Crippen LogP) is 2.39. The van der Waals surface area contributed by atoms with E-state index in [2.05, 4.69) is 15.6 Å². The summed E-state index contributed by atoms with van der Waals surface area (Å²) in [6.45, 7) is 0.763. The zero-order valence-electron chi connectivity index (χ0n) is 18.2. The van der Waals surface area contributed by atoms with Crippen LogP contribution in [0, 0.1) is 0 Å². The number of thiazole rings is 1. The van der Waals surface area contributed by atoms with Crippen molar-refractivity contribution in [2.75, 3.05) is 6.54 Å². The highest BCUT2D eigenvalue weighted by Gasteiger charge is 2.27. The van der Waals surface area contributed by atoms with Crippen LogP contribution in [-0.2, 0) is 22.4 Å². The molecule has 4 rings (SSSR count). The number of hydrogen-bond donors (Lipinski definition) is 5. The van der Waals surface area contributed by atoms with E-state index in [9.17, 15) is 24.6 Å². The van der Waals surface area contributed by atoms with Crippen molar-refractivity contribution in [3.05, 3.63) is 74.2 Å². The summed E-state index contributed by atoms with van der Waals surface area (Å²) in [5, 5.41) is 24.9. The van der Waals surface area contributed by atoms with Crippen molar-refractivity contribution in [1.29, 1.82) is 0 Å². The van der Waals surface area contributed by atoms with Gasteiger partial charge in [0, 0.05) is 12.8 Å². The van der Waals surface area contributed by atoms with Crippen molar-refractivity contribution in [2.24, 2.45) is 0 Å². The second kappa shape index (κ2) is 10.5. The first-order chi connectivity index (χ1) is 16.4. The van der Waals surface area contributed by atoms with Gasteiger partial charge in [0.15, 0.2) is 0 Å². The van der Waals surface area contributed by atoms with Crippen LogP contribution in [0.2, 0.25) is 0 Å². The fourth-order valence-corrected chi connectivity index (χ4v) is 4.54. The highest BCUT2D eigenvalue weighted by atomic mass is 32.1. The van der Waals surface area contributed by atoms with Crippen LogP contribution in [0.1, 0.15) is 28.8 Å². The Balaban J connectivity index is 1.33. The number of H-pyrrole nitrogens is 1. The van der Waals surface area contributed by atoms with Gasteiger partial charge in [-0.05, 0) is 54.8 Å². The Morgan fingerprint density at radius 1 is 1.09 bits per heavy atom. The molecule has 1 saturated heterocycles. The van der Waals surface area contributed by atoms with E-state index in [1.54, 1.807) is 36.4 Å². The van der Waals surface area contributed by atoms with E-state index in [0.717, 1.165) is 35.4 Å². The molecule has 1 amide bonds. The summed E-state index contributed by atoms with van der Waals surface area (Å²) in [7, 11) is 0. The maximum absolute atomic E-state index is 12.3. The third kappa shape index (κ3) is 6.03. The quantitative estimate of drug-likeness (QED) is 0.315. The van der Waals surface area contributed by atoms with Crippen LogP contribution in [0.5, 0.6) is 17.4 Å². The van der Waals surface area contributed by atoms with Crippen LogP contribution < -0.4 is 20.2 Å². The molecular formula is C24H25N3O6S. The summed E-state index contributed by atoms with van der Waals surface area (Å²) in [6.07, 6.45) is 2.21. The molecule has 1 aliphatic rings. The Labute approximate surface area is 199 Å². The molecule has 2 aromatic carbocycles. The number of aromatic hydroxyl groups is 1. The van der Waals surface area contributed by atoms with Crippen molar-refractivity contribution < 1.29 is 24.5 Å². The average Bonchev–Trinajstić information content (AvgIpc) is 3.45. The number of benzene rings is 2. The van der Waals surface area contributed by atoms with E-state index < -0.39 is 12.0 Å². The molecule has 0 bridgehead atoms. The van der Waals surface area contributed by atoms with Crippen LogP contribution in [0.15, 0.2) is 53.3 Å². The normalized spacial score (nSPS) is 16.2. The van der Waals surface area contributed by atoms with Crippen molar-refractivity contribution in [3.63, 3.8) is 0 Å². The number of carbonyl (C=O) groups excluding carboxylic acids is 1. The lowest BCUT2D eigenvalue weighted by Crippen LogP contribution is -2.49. The summed E-state index contributed by atoms with van der Waals surface area (Å²) in [6, 6.07) is 13.0. The lowest BCUT2D eigenvalue weighted by molar-refractivity contribution is -0.142. The molecule has 3 aromatic rings. The van der Waals surface area contributed by atoms with Crippen LogP contribution in [0.25, 0.3) is 0 Å². The Bertz CT molecular complexity index is 1200. The van der Waals surface area contributed by atoms with Gasteiger partial charge in [-0.2, -0.15) is 0 Å². The fourth-order valence-electron chi connectivity index (χ4n) is 3.78. The number of amides is 1. The SMILES string of the molecule is O=C(O)C(Cc1ccc(Oc2ccc(Cc3sc(=O)[nH]c3O)cc2)cc1)NC(=O)C1CCCN1. The number of aromatic amines is 1. The summed E-state index contributed by atoms with van der Waals surface area (Å²) in [4.78, 5) is 37.8. The van der Waals surface area contributed by atoms with E-state index in [1.807, 2.05) is 12.1 Å². The molecule has 2 heterocycles. The number of carboxylic acid groups (broad SMARTS) is 1. The largest absolute Gasteiger partial charge is 0.494 e. The van der Waals surface area contributed by atoms with Crippen molar-refractivity contribution in [3.8, 4) is 17.4 Å². The van der Waals surface area contributed by atoms with Crippen molar-refractivity contribution >= 4 is 23.2 Å². The first kappa shape index (κ1) is 23.5. The van der Waals surface area contributed by atoms with Crippen molar-refractivity contribution in [1.82, 2.24) is 15.6 Å². The molecule has 34 heavy (non-hydrogen) atoms. The van der Waals surface area contributed by atoms with Gasteiger partial charge in [-0.25, -0.2) is 4.79 Å². The average molecular weight is 484 g/mol. The lowest BCUT2D eigenvalue weighted by atomic mass is 10.1. The fraction of sp³-hybridized carbons (Fsp3) is 0.292. The van der Waals surface area contributed by atoms with Gasteiger partial charge < -0.3 is 25.6 Å². The monoisotopic (exact) mass is 483 g/mol. The standard InChI is InChI=1S/C24H25N3O6S/c28-21(18-2-1-11-25-18)26-19(23(30)31)12-14-3-7-16(8-4-14)33-17-9-5-15(6-10-17)13-20-22(29)27-24(32)34-20/h3-10,18-19,25,29H,1-2,11-13H2,(H,26,28)(H,27,32)(H,30,31). The molecule has 178 valence electrons. The summed E-state index contributed by atoms with van der Waals surface area (Å²) in [5.74, 6) is -0.261. The number of hydrogen-bond acceptors (Lipinski definition) is 7. The lowest BCUT2D eigenvalue weighted by Gasteiger charge is -2.18. The summed E-state index contributed by atoms with van der Waals surface area (Å²) >= 11 is 0.977. The minimum absolute atomic E-state index is 0.102. The molecule has 1 fully saturated rings. The molecule has 10 heteroatoms. The molecule has 1 aliphatic heterocycles. The topological polar surface area (TPSA) is 141 Å². The molecule has 2 unspecified atom stereocenters. The summed E-state index contributed by atoms with van der Waals surface area (Å²) in [5.41, 5.74) is 1.68. The van der Waals surface area contributed by atoms with Gasteiger partial charge in [0.05, 0.1) is 10.9 Å². The minimum atomic E-state index is -1.08. The minimum Gasteiger partial charge on any atom is -0.494 e. The molecule has 5 N–H and O–H groups in total. The van der Waals surface area contributed by atoms with Gasteiger partial charge in [-0.1, -0.05) is 35.6 Å². The van der Waals surface area contributed by atoms with Crippen LogP contribution >= 0.6 is 11.3 Å². The van der Waals surface area contributed by atoms with Crippen LogP contribution in [-0.4, -0.2) is 45.7 Å². The number of aromatic nitrogens is 1. The van der Waals surface area contributed by atoms with Gasteiger partial charge >= 0.3 is 10.8 Å². The van der Waals surface area contributed by atoms with E-state index >= 15 is 0 Å². The molecule has 9 nitrogen and oxygen atoms in total. The molecule has 1 aromatic heterocycles. The third-order valence-electron chi connectivity index (χ3n) is 5.58. The van der Waals surface area contributed by atoms with Gasteiger partial charge in [-0.15, -0.1) is 0 Å². The van der Waals surface area contributed by atoms with Gasteiger partial charge in [-0.3, -0.25) is 14.6 Å². The van der Waals surface area contributed by atoms with Gasteiger partial charge in [0.2, 0.25) is 11.8 Å². The number of rotatable bonds is 9. The van der Waals surface area contributed by atoms with E-state index in [0.29, 0.717) is 29.2 Å². The maximum atomic E-state index is 12.3. The Morgan fingerprint density at radius 3 is 2.26 bits per heavy atom. The first-order valence-corrected chi connectivity index (χ1v) is 11.7. The van der Waals surface area contributed by atoms with E-state index in [1.165, 1.54) is 0 Å². The predicted molar refractivity (Wildman–Crippen MR) is 127 cm³/mol. The zero-order valence-corrected chi connectivity index (χ0v) is 19.1. The van der Waals surface area contributed by atoms with E-state index in [4.69, 9.17) is 4.74 Å². The second-order valence-corrected chi connectivity index (χ2v) is 9.17. The van der Waals surface area contributed by atoms with Crippen molar-refractivity contribution in [2.45, 2.75) is 37.8 Å². The molecule has 0 radical (unpaired) electrons. The number of carboxylic acids is 1. The smallest absolute Gasteiger partial charge is 0.326 e. The summed E-state index contributed by atoms with van der Waals surface area (Å²) < 4.78 is 5.85. The molecule has 2 atom stereocenters. The molecule has 0 saturated carbocycles. The van der Waals surface area contributed by atoms with Gasteiger partial charge in [0.25, 0.3) is 0 Å². The van der Waals surface area contributed by atoms with Crippen LogP contribution in [0.3, 0.4) is 0 Å². The maximum Gasteiger partial charge on any atom is 0.326 e. The molecule has 0 spiro atoms. The highest BCUT2D eigenvalue weighted by Crippen LogP contribution is 2.25. The zero-order chi connectivity index (χ0) is 24.1. The number of nitrogens with one attached hydrogen (secondary N) is 3. The second-order valence-electron chi connectivity index (χ2n) is 8.11. The number of ether oxygens (including phenoxy) is 1. The number of aliphatic carboxylic acids is 1. The first-order valence-electron chi connectivity index (χ1n) is 10.9. The van der Waals surface area contributed by atoms with E-state index in [-0.39, 0.29) is 29.1 Å².